The topological polar surface area (TPSA) is 30.9 Å². The molecule has 2 rings (SSSR count). The predicted octanol–water partition coefficient (Wildman–Crippen LogP) is 2.13. The SMILES string of the molecule is CC(N)Cn1ccc2c(F)cccc21. The Morgan fingerprint density at radius 1 is 1.43 bits per heavy atom. The minimum absolute atomic E-state index is 0.0777. The molecule has 2 aromatic rings. The summed E-state index contributed by atoms with van der Waals surface area (Å²) >= 11 is 0. The smallest absolute Gasteiger partial charge is 0.132 e. The van der Waals surface area contributed by atoms with E-state index in [1.807, 2.05) is 23.8 Å². The number of nitrogens with two attached hydrogens (primary N) is 1. The number of halogens is 1. The molecule has 0 aliphatic rings. The predicted molar refractivity (Wildman–Crippen MR) is 55.5 cm³/mol. The first-order valence-corrected chi connectivity index (χ1v) is 4.67. The third-order valence-corrected chi connectivity index (χ3v) is 2.25. The standard InChI is InChI=1S/C11H13FN2/c1-8(13)7-14-6-5-9-10(12)3-2-4-11(9)14/h2-6,8H,7,13H2,1H3. The Kier molecular flexibility index (Phi) is 2.25. The number of fused-ring (bicyclic) bond motifs is 1. The van der Waals surface area contributed by atoms with Gasteiger partial charge in [0.15, 0.2) is 0 Å². The zero-order chi connectivity index (χ0) is 10.1. The molecule has 1 heterocycles. The number of hydrogen-bond donors (Lipinski definition) is 1. The Hall–Kier alpha value is -1.35. The first-order valence-electron chi connectivity index (χ1n) is 4.67. The van der Waals surface area contributed by atoms with Crippen LogP contribution in [0.3, 0.4) is 0 Å². The molecule has 0 fully saturated rings. The quantitative estimate of drug-likeness (QED) is 0.776. The molecule has 74 valence electrons. The number of nitrogens with zero attached hydrogens (tertiary/aromatic N) is 1. The van der Waals surface area contributed by atoms with Crippen LogP contribution in [0.1, 0.15) is 6.92 Å². The Balaban J connectivity index is 2.52. The van der Waals surface area contributed by atoms with E-state index in [0.29, 0.717) is 11.9 Å². The zero-order valence-corrected chi connectivity index (χ0v) is 8.07. The van der Waals surface area contributed by atoms with E-state index < -0.39 is 0 Å². The van der Waals surface area contributed by atoms with Crippen molar-refractivity contribution < 1.29 is 4.39 Å². The summed E-state index contributed by atoms with van der Waals surface area (Å²) in [7, 11) is 0. The van der Waals surface area contributed by atoms with E-state index in [-0.39, 0.29) is 11.9 Å². The van der Waals surface area contributed by atoms with Crippen molar-refractivity contribution in [1.29, 1.82) is 0 Å². The van der Waals surface area contributed by atoms with Crippen molar-refractivity contribution in [2.45, 2.75) is 19.5 Å². The molecule has 3 heteroatoms. The van der Waals surface area contributed by atoms with Crippen LogP contribution in [0.2, 0.25) is 0 Å². The Bertz CT molecular complexity index is 445. The number of rotatable bonds is 2. The fourth-order valence-electron chi connectivity index (χ4n) is 1.66. The molecule has 0 amide bonds. The lowest BCUT2D eigenvalue weighted by Crippen LogP contribution is -2.21. The van der Waals surface area contributed by atoms with Crippen LogP contribution in [0.5, 0.6) is 0 Å². The monoisotopic (exact) mass is 192 g/mol. The molecule has 0 spiro atoms. The van der Waals surface area contributed by atoms with Crippen LogP contribution in [0.25, 0.3) is 10.9 Å². The lowest BCUT2D eigenvalue weighted by Gasteiger charge is -2.08. The zero-order valence-electron chi connectivity index (χ0n) is 8.07. The largest absolute Gasteiger partial charge is 0.346 e. The molecule has 0 aliphatic heterocycles. The molecule has 0 saturated heterocycles. The molecular formula is C11H13FN2. The third kappa shape index (κ3) is 1.51. The second-order valence-corrected chi connectivity index (χ2v) is 3.62. The summed E-state index contributed by atoms with van der Waals surface area (Å²) in [6.45, 7) is 2.65. The maximum absolute atomic E-state index is 13.3. The molecule has 0 saturated carbocycles. The van der Waals surface area contributed by atoms with E-state index in [4.69, 9.17) is 5.73 Å². The maximum atomic E-state index is 13.3. The molecule has 14 heavy (non-hydrogen) atoms. The lowest BCUT2D eigenvalue weighted by atomic mass is 10.2. The van der Waals surface area contributed by atoms with E-state index in [0.717, 1.165) is 5.52 Å². The summed E-state index contributed by atoms with van der Waals surface area (Å²) in [4.78, 5) is 0. The van der Waals surface area contributed by atoms with Crippen LogP contribution in [-0.4, -0.2) is 10.6 Å². The molecule has 1 aromatic carbocycles. The molecular weight excluding hydrogens is 179 g/mol. The van der Waals surface area contributed by atoms with E-state index in [2.05, 4.69) is 0 Å². The fraction of sp³-hybridized carbons (Fsp3) is 0.273. The fourth-order valence-corrected chi connectivity index (χ4v) is 1.66. The van der Waals surface area contributed by atoms with Gasteiger partial charge in [0.25, 0.3) is 0 Å². The van der Waals surface area contributed by atoms with Crippen LogP contribution >= 0.6 is 0 Å². The van der Waals surface area contributed by atoms with Gasteiger partial charge in [0.1, 0.15) is 5.82 Å². The molecule has 0 bridgehead atoms. The van der Waals surface area contributed by atoms with E-state index >= 15 is 0 Å². The molecule has 0 aliphatic carbocycles. The van der Waals surface area contributed by atoms with Gasteiger partial charge in [0.2, 0.25) is 0 Å². The normalized spacial score (nSPS) is 13.4. The van der Waals surface area contributed by atoms with Gasteiger partial charge < -0.3 is 10.3 Å². The molecule has 1 atom stereocenters. The summed E-state index contributed by atoms with van der Waals surface area (Å²) in [5, 5.41) is 0.660. The van der Waals surface area contributed by atoms with Gasteiger partial charge in [-0.05, 0) is 25.1 Å². The highest BCUT2D eigenvalue weighted by Crippen LogP contribution is 2.18. The molecule has 1 aromatic heterocycles. The summed E-state index contributed by atoms with van der Waals surface area (Å²) in [5.41, 5.74) is 6.60. The number of benzene rings is 1. The van der Waals surface area contributed by atoms with Crippen molar-refractivity contribution in [2.75, 3.05) is 0 Å². The van der Waals surface area contributed by atoms with Crippen LogP contribution in [-0.2, 0) is 6.54 Å². The first kappa shape index (κ1) is 9.21. The minimum atomic E-state index is -0.175. The average Bonchev–Trinajstić information content (AvgIpc) is 2.49. The highest BCUT2D eigenvalue weighted by molar-refractivity contribution is 5.80. The van der Waals surface area contributed by atoms with Crippen molar-refractivity contribution in [3.05, 3.63) is 36.3 Å². The average molecular weight is 192 g/mol. The second-order valence-electron chi connectivity index (χ2n) is 3.62. The summed E-state index contributed by atoms with van der Waals surface area (Å²) in [6.07, 6.45) is 1.87. The van der Waals surface area contributed by atoms with Crippen molar-refractivity contribution in [3.63, 3.8) is 0 Å². The minimum Gasteiger partial charge on any atom is -0.346 e. The van der Waals surface area contributed by atoms with Crippen molar-refractivity contribution in [2.24, 2.45) is 5.73 Å². The van der Waals surface area contributed by atoms with Gasteiger partial charge in [-0.15, -0.1) is 0 Å². The summed E-state index contributed by atoms with van der Waals surface area (Å²) in [6, 6.07) is 6.95. The van der Waals surface area contributed by atoms with Crippen molar-refractivity contribution in [1.82, 2.24) is 4.57 Å². The molecule has 2 N–H and O–H groups in total. The van der Waals surface area contributed by atoms with Gasteiger partial charge in [-0.3, -0.25) is 0 Å². The Morgan fingerprint density at radius 2 is 2.21 bits per heavy atom. The highest BCUT2D eigenvalue weighted by Gasteiger charge is 2.05. The second kappa shape index (κ2) is 3.42. The maximum Gasteiger partial charge on any atom is 0.132 e. The summed E-state index contributed by atoms with van der Waals surface area (Å²) in [5.74, 6) is -0.175. The van der Waals surface area contributed by atoms with Crippen LogP contribution in [0, 0.1) is 5.82 Å². The van der Waals surface area contributed by atoms with Crippen LogP contribution in [0.4, 0.5) is 4.39 Å². The van der Waals surface area contributed by atoms with Gasteiger partial charge >= 0.3 is 0 Å². The van der Waals surface area contributed by atoms with Gasteiger partial charge in [-0.2, -0.15) is 0 Å². The molecule has 1 unspecified atom stereocenters. The van der Waals surface area contributed by atoms with E-state index in [1.54, 1.807) is 12.1 Å². The van der Waals surface area contributed by atoms with Crippen LogP contribution < -0.4 is 5.73 Å². The van der Waals surface area contributed by atoms with Crippen LogP contribution in [0.15, 0.2) is 30.5 Å². The molecule has 2 nitrogen and oxygen atoms in total. The van der Waals surface area contributed by atoms with Crippen molar-refractivity contribution in [3.8, 4) is 0 Å². The van der Waals surface area contributed by atoms with Gasteiger partial charge in [0.05, 0.1) is 5.52 Å². The highest BCUT2D eigenvalue weighted by atomic mass is 19.1. The van der Waals surface area contributed by atoms with Gasteiger partial charge in [-0.1, -0.05) is 6.07 Å². The third-order valence-electron chi connectivity index (χ3n) is 2.25. The first-order chi connectivity index (χ1) is 6.68. The lowest BCUT2D eigenvalue weighted by molar-refractivity contribution is 0.604. The molecule has 0 radical (unpaired) electrons. The Morgan fingerprint density at radius 3 is 2.93 bits per heavy atom. The van der Waals surface area contributed by atoms with E-state index in [1.165, 1.54) is 6.07 Å². The number of aromatic nitrogens is 1. The van der Waals surface area contributed by atoms with Gasteiger partial charge in [0, 0.05) is 24.2 Å². The number of hydrogen-bond acceptors (Lipinski definition) is 1. The van der Waals surface area contributed by atoms with Crippen molar-refractivity contribution >= 4 is 10.9 Å². The van der Waals surface area contributed by atoms with Gasteiger partial charge in [-0.25, -0.2) is 4.39 Å². The van der Waals surface area contributed by atoms with E-state index in [9.17, 15) is 4.39 Å². The Labute approximate surface area is 82.1 Å². The summed E-state index contributed by atoms with van der Waals surface area (Å²) < 4.78 is 15.3.